The maximum Gasteiger partial charge on any atom is 0.433 e. The minimum atomic E-state index is -0.803. The third-order valence-corrected chi connectivity index (χ3v) is 3.35. The summed E-state index contributed by atoms with van der Waals surface area (Å²) < 4.78 is 14.7. The van der Waals surface area contributed by atoms with Crippen LogP contribution in [0.15, 0.2) is 59.9 Å². The van der Waals surface area contributed by atoms with Crippen molar-refractivity contribution in [1.82, 2.24) is 10.9 Å². The van der Waals surface area contributed by atoms with Crippen molar-refractivity contribution in [1.29, 1.82) is 0 Å². The molecule has 0 saturated heterocycles. The summed E-state index contributed by atoms with van der Waals surface area (Å²) in [7, 11) is 0. The van der Waals surface area contributed by atoms with Crippen LogP contribution in [0.5, 0.6) is 0 Å². The van der Waals surface area contributed by atoms with Gasteiger partial charge < -0.3 is 13.3 Å². The highest BCUT2D eigenvalue weighted by atomic mass is 16.7. The van der Waals surface area contributed by atoms with E-state index in [-0.39, 0.29) is 23.0 Å². The second-order valence-electron chi connectivity index (χ2n) is 5.43. The van der Waals surface area contributed by atoms with E-state index in [0.29, 0.717) is 0 Å². The lowest BCUT2D eigenvalue weighted by Gasteiger charge is -1.96. The number of hydrogen-bond acceptors (Lipinski definition) is 11. The zero-order valence-electron chi connectivity index (χ0n) is 15.1. The molecule has 15 nitrogen and oxygen atoms in total. The van der Waals surface area contributed by atoms with Crippen LogP contribution in [0.1, 0.15) is 32.6 Å². The van der Waals surface area contributed by atoms with Gasteiger partial charge in [-0.25, -0.2) is 10.9 Å². The normalized spacial score (nSPS) is 11.1. The van der Waals surface area contributed by atoms with Crippen molar-refractivity contribution in [2.24, 2.45) is 10.2 Å². The van der Waals surface area contributed by atoms with Crippen LogP contribution in [-0.4, -0.2) is 34.1 Å². The molecule has 0 fully saturated rings. The first kappa shape index (κ1) is 20.6. The number of nitrogens with zero attached hydrogens (tertiary/aromatic N) is 4. The average molecular weight is 430 g/mol. The van der Waals surface area contributed by atoms with Gasteiger partial charge in [-0.1, -0.05) is 0 Å². The smallest absolute Gasteiger partial charge is 0.433 e. The van der Waals surface area contributed by atoms with Crippen LogP contribution in [0, 0.1) is 20.2 Å². The predicted molar refractivity (Wildman–Crippen MR) is 99.6 cm³/mol. The van der Waals surface area contributed by atoms with E-state index < -0.39 is 33.4 Å². The summed E-state index contributed by atoms with van der Waals surface area (Å²) in [4.78, 5) is 43.5. The molecule has 0 aromatic carbocycles. The van der Waals surface area contributed by atoms with Crippen LogP contribution in [-0.2, 0) is 0 Å². The fourth-order valence-corrected chi connectivity index (χ4v) is 2.02. The van der Waals surface area contributed by atoms with Gasteiger partial charge in [-0.05, 0) is 24.3 Å². The van der Waals surface area contributed by atoms with Gasteiger partial charge in [0.25, 0.3) is 0 Å². The first-order valence-electron chi connectivity index (χ1n) is 8.08. The van der Waals surface area contributed by atoms with Crippen LogP contribution in [0.25, 0.3) is 0 Å². The van der Waals surface area contributed by atoms with E-state index in [0.717, 1.165) is 24.6 Å². The SMILES string of the molecule is O=C(N/N=C\c1ccc([N+](=O)[O-])o1)c1ccc(C(=O)N/N=C\c2ccc([N+](=O)[O-])o2)o1. The summed E-state index contributed by atoms with van der Waals surface area (Å²) >= 11 is 0. The van der Waals surface area contributed by atoms with Crippen LogP contribution >= 0.6 is 0 Å². The number of rotatable bonds is 8. The predicted octanol–water partition coefficient (Wildman–Crippen LogP) is 1.81. The van der Waals surface area contributed by atoms with Crippen molar-refractivity contribution in [3.63, 3.8) is 0 Å². The van der Waals surface area contributed by atoms with Crippen molar-refractivity contribution in [3.05, 3.63) is 79.7 Å². The molecular weight excluding hydrogens is 420 g/mol. The first-order valence-corrected chi connectivity index (χ1v) is 8.08. The average Bonchev–Trinajstić information content (AvgIpc) is 3.48. The lowest BCUT2D eigenvalue weighted by atomic mass is 10.4. The molecule has 0 spiro atoms. The molecule has 0 radical (unpaired) electrons. The van der Waals surface area contributed by atoms with E-state index in [1.165, 1.54) is 24.3 Å². The molecule has 0 bridgehead atoms. The molecular formula is C16H10N6O9. The maximum absolute atomic E-state index is 12.0. The van der Waals surface area contributed by atoms with Gasteiger partial charge in [0.2, 0.25) is 0 Å². The molecule has 0 aliphatic rings. The molecule has 2 N–H and O–H groups in total. The van der Waals surface area contributed by atoms with Gasteiger partial charge in [0.1, 0.15) is 9.85 Å². The van der Waals surface area contributed by atoms with Gasteiger partial charge in [-0.3, -0.25) is 29.8 Å². The standard InChI is InChI=1S/C16H10N6O9/c23-15(19-17-7-9-1-5-13(29-9)21(25)26)11-3-4-12(31-11)16(24)20-18-8-10-2-6-14(30-10)22(27)28/h1-8H,(H,19,23)(H,20,24)/b17-7-,18-8-. The number of amides is 2. The minimum absolute atomic E-state index is 0.0336. The number of hydrogen-bond donors (Lipinski definition) is 2. The van der Waals surface area contributed by atoms with Crippen LogP contribution in [0.2, 0.25) is 0 Å². The third-order valence-electron chi connectivity index (χ3n) is 3.35. The molecule has 3 aromatic rings. The Morgan fingerprint density at radius 3 is 1.52 bits per heavy atom. The number of furan rings is 3. The van der Waals surface area contributed by atoms with Gasteiger partial charge in [-0.15, -0.1) is 0 Å². The second-order valence-corrected chi connectivity index (χ2v) is 5.43. The quantitative estimate of drug-likeness (QED) is 0.303. The molecule has 0 atom stereocenters. The van der Waals surface area contributed by atoms with E-state index >= 15 is 0 Å². The molecule has 2 amide bonds. The lowest BCUT2D eigenvalue weighted by Crippen LogP contribution is -2.18. The highest BCUT2D eigenvalue weighted by Gasteiger charge is 2.16. The number of nitro groups is 2. The molecule has 3 heterocycles. The topological polar surface area (TPSA) is 209 Å². The van der Waals surface area contributed by atoms with Gasteiger partial charge in [0.05, 0.1) is 24.6 Å². The Kier molecular flexibility index (Phi) is 5.96. The summed E-state index contributed by atoms with van der Waals surface area (Å²) in [6, 6.07) is 7.22. The molecule has 0 saturated carbocycles. The van der Waals surface area contributed by atoms with Gasteiger partial charge in [-0.2, -0.15) is 10.2 Å². The number of nitrogens with one attached hydrogen (secondary N) is 2. The summed E-state index contributed by atoms with van der Waals surface area (Å²) in [5.41, 5.74) is 4.18. The fraction of sp³-hybridized carbons (Fsp3) is 0. The van der Waals surface area contributed by atoms with E-state index in [1.807, 2.05) is 0 Å². The molecule has 3 aromatic heterocycles. The van der Waals surface area contributed by atoms with Crippen molar-refractivity contribution < 1.29 is 32.7 Å². The number of hydrazone groups is 2. The van der Waals surface area contributed by atoms with Crippen LogP contribution in [0.3, 0.4) is 0 Å². The largest absolute Gasteiger partial charge is 0.446 e. The molecule has 31 heavy (non-hydrogen) atoms. The highest BCUT2D eigenvalue weighted by Crippen LogP contribution is 2.14. The highest BCUT2D eigenvalue weighted by molar-refractivity contribution is 5.96. The van der Waals surface area contributed by atoms with E-state index in [2.05, 4.69) is 21.1 Å². The van der Waals surface area contributed by atoms with Gasteiger partial charge in [0.15, 0.2) is 23.0 Å². The summed E-state index contributed by atoms with van der Waals surface area (Å²) in [6.45, 7) is 0. The van der Waals surface area contributed by atoms with Crippen molar-refractivity contribution >= 4 is 36.0 Å². The molecule has 158 valence electrons. The van der Waals surface area contributed by atoms with E-state index in [1.54, 1.807) is 0 Å². The monoisotopic (exact) mass is 430 g/mol. The Morgan fingerprint density at radius 2 is 1.16 bits per heavy atom. The molecule has 15 heteroatoms. The van der Waals surface area contributed by atoms with Crippen molar-refractivity contribution in [2.45, 2.75) is 0 Å². The van der Waals surface area contributed by atoms with Gasteiger partial charge >= 0.3 is 23.6 Å². The lowest BCUT2D eigenvalue weighted by molar-refractivity contribution is -0.402. The Labute approximate surface area is 170 Å². The molecule has 0 unspecified atom stereocenters. The van der Waals surface area contributed by atoms with Gasteiger partial charge in [0, 0.05) is 0 Å². The zero-order valence-corrected chi connectivity index (χ0v) is 15.1. The third kappa shape index (κ3) is 5.25. The Bertz CT molecular complexity index is 1110. The van der Waals surface area contributed by atoms with E-state index in [4.69, 9.17) is 13.3 Å². The van der Waals surface area contributed by atoms with Crippen molar-refractivity contribution in [2.75, 3.05) is 0 Å². The van der Waals surface area contributed by atoms with Crippen LogP contribution < -0.4 is 10.9 Å². The Hall–Kier alpha value is -5.08. The summed E-state index contributed by atoms with van der Waals surface area (Å²) in [5, 5.41) is 28.2. The Morgan fingerprint density at radius 1 is 0.742 bits per heavy atom. The minimum Gasteiger partial charge on any atom is -0.446 e. The number of carbonyl (C=O) groups excluding carboxylic acids is 2. The van der Waals surface area contributed by atoms with Crippen LogP contribution in [0.4, 0.5) is 11.8 Å². The van der Waals surface area contributed by atoms with E-state index in [9.17, 15) is 29.8 Å². The summed E-state index contributed by atoms with van der Waals surface area (Å²) in [5.74, 6) is -3.01. The molecule has 3 rings (SSSR count). The Balaban J connectivity index is 1.53. The number of carbonyl (C=O) groups is 2. The molecule has 0 aliphatic heterocycles. The summed E-state index contributed by atoms with van der Waals surface area (Å²) in [6.07, 6.45) is 2.07. The van der Waals surface area contributed by atoms with Crippen molar-refractivity contribution in [3.8, 4) is 0 Å². The second kappa shape index (κ2) is 8.95. The molecule has 0 aliphatic carbocycles. The maximum atomic E-state index is 12.0. The zero-order chi connectivity index (χ0) is 22.4. The fourth-order valence-electron chi connectivity index (χ4n) is 2.02. The first-order chi connectivity index (χ1) is 14.8.